The highest BCUT2D eigenvalue weighted by Gasteiger charge is 1.94. The first kappa shape index (κ1) is 11.5. The van der Waals surface area contributed by atoms with Crippen molar-refractivity contribution >= 4 is 29.6 Å². The number of hydrogen-bond donors (Lipinski definition) is 0. The van der Waals surface area contributed by atoms with E-state index in [1.807, 2.05) is 12.1 Å². The lowest BCUT2D eigenvalue weighted by atomic mass is 10.2. The summed E-state index contributed by atoms with van der Waals surface area (Å²) < 4.78 is 6.41. The minimum absolute atomic E-state index is 0.900. The second-order valence-corrected chi connectivity index (χ2v) is 4.60. The molecule has 0 spiro atoms. The van der Waals surface area contributed by atoms with E-state index in [-0.39, 0.29) is 0 Å². The number of thioether (sulfide) groups is 2. The molecule has 1 aromatic rings. The molecule has 1 nitrogen and oxygen atoms in total. The van der Waals surface area contributed by atoms with E-state index in [4.69, 9.17) is 4.74 Å². The first-order chi connectivity index (χ1) is 6.80. The van der Waals surface area contributed by atoms with Gasteiger partial charge >= 0.3 is 0 Å². The Labute approximate surface area is 93.9 Å². The minimum atomic E-state index is 0.900. The maximum atomic E-state index is 5.10. The molecule has 0 bridgehead atoms. The predicted octanol–water partition coefficient (Wildman–Crippen LogP) is 3.72. The van der Waals surface area contributed by atoms with Gasteiger partial charge in [-0.3, -0.25) is 0 Å². The van der Waals surface area contributed by atoms with Crippen LogP contribution < -0.4 is 4.74 Å². The average Bonchev–Trinajstić information content (AvgIpc) is 2.26. The Kier molecular flexibility index (Phi) is 4.98. The zero-order chi connectivity index (χ0) is 10.4. The quantitative estimate of drug-likeness (QED) is 0.774. The zero-order valence-electron chi connectivity index (χ0n) is 8.61. The van der Waals surface area contributed by atoms with Crippen molar-refractivity contribution in [3.05, 3.63) is 34.1 Å². The summed E-state index contributed by atoms with van der Waals surface area (Å²) in [6.07, 6.45) is 6.35. The summed E-state index contributed by atoms with van der Waals surface area (Å²) in [7, 11) is 1.68. The van der Waals surface area contributed by atoms with Crippen molar-refractivity contribution in [3.8, 4) is 5.75 Å². The second-order valence-electron chi connectivity index (χ2n) is 2.64. The number of benzene rings is 1. The predicted molar refractivity (Wildman–Crippen MR) is 68.0 cm³/mol. The maximum absolute atomic E-state index is 5.10. The van der Waals surface area contributed by atoms with Gasteiger partial charge in [0.1, 0.15) is 5.75 Å². The van der Waals surface area contributed by atoms with E-state index in [0.29, 0.717) is 0 Å². The lowest BCUT2D eigenvalue weighted by Crippen LogP contribution is -1.81. The Hall–Kier alpha value is -0.540. The summed E-state index contributed by atoms with van der Waals surface area (Å²) in [5.41, 5.74) is 1.21. The van der Waals surface area contributed by atoms with Gasteiger partial charge in [-0.15, -0.1) is 23.5 Å². The largest absolute Gasteiger partial charge is 0.497 e. The molecule has 3 heteroatoms. The lowest BCUT2D eigenvalue weighted by molar-refractivity contribution is 0.415. The molecule has 0 saturated heterocycles. The van der Waals surface area contributed by atoms with Crippen molar-refractivity contribution in [1.82, 2.24) is 0 Å². The molecule has 0 aliphatic carbocycles. The van der Waals surface area contributed by atoms with E-state index in [0.717, 1.165) is 5.75 Å². The summed E-state index contributed by atoms with van der Waals surface area (Å²) in [5.74, 6) is 0.900. The molecule has 0 saturated carbocycles. The molecule has 0 aromatic heterocycles. The molecule has 0 radical (unpaired) electrons. The minimum Gasteiger partial charge on any atom is -0.497 e. The third kappa shape index (κ3) is 3.31. The normalized spacial score (nSPS) is 9.64. The Balaban J connectivity index is 2.81. The van der Waals surface area contributed by atoms with Crippen LogP contribution in [-0.2, 0) is 0 Å². The molecule has 1 aromatic carbocycles. The van der Waals surface area contributed by atoms with Gasteiger partial charge in [0.05, 0.1) is 7.11 Å². The summed E-state index contributed by atoms with van der Waals surface area (Å²) in [4.78, 5) is 0. The van der Waals surface area contributed by atoms with Crippen LogP contribution in [0.15, 0.2) is 28.5 Å². The van der Waals surface area contributed by atoms with E-state index in [9.17, 15) is 0 Å². The van der Waals surface area contributed by atoms with Gasteiger partial charge < -0.3 is 4.74 Å². The van der Waals surface area contributed by atoms with Gasteiger partial charge in [0.2, 0.25) is 0 Å². The monoisotopic (exact) mass is 226 g/mol. The number of ether oxygens (including phenoxy) is 1. The molecule has 0 aliphatic heterocycles. The molecular formula is C11H14OS2. The van der Waals surface area contributed by atoms with Gasteiger partial charge in [-0.1, -0.05) is 12.1 Å². The highest BCUT2D eigenvalue weighted by atomic mass is 32.2. The van der Waals surface area contributed by atoms with Crippen LogP contribution in [0, 0.1) is 0 Å². The van der Waals surface area contributed by atoms with Crippen LogP contribution in [0.2, 0.25) is 0 Å². The first-order valence-electron chi connectivity index (χ1n) is 4.24. The Morgan fingerprint density at radius 3 is 2.14 bits per heavy atom. The van der Waals surface area contributed by atoms with Crippen molar-refractivity contribution in [2.75, 3.05) is 19.6 Å². The Bertz CT molecular complexity index is 298. The summed E-state index contributed by atoms with van der Waals surface area (Å²) in [6.45, 7) is 0. The van der Waals surface area contributed by atoms with Crippen molar-refractivity contribution in [1.29, 1.82) is 0 Å². The fourth-order valence-corrected chi connectivity index (χ4v) is 2.21. The summed E-state index contributed by atoms with van der Waals surface area (Å²) >= 11 is 3.54. The van der Waals surface area contributed by atoms with E-state index in [2.05, 4.69) is 30.7 Å². The van der Waals surface area contributed by atoms with Crippen LogP contribution in [0.3, 0.4) is 0 Å². The topological polar surface area (TPSA) is 9.23 Å². The SMILES string of the molecule is COc1ccc(C=C(SC)SC)cc1. The molecule has 76 valence electrons. The maximum Gasteiger partial charge on any atom is 0.118 e. The van der Waals surface area contributed by atoms with Crippen LogP contribution >= 0.6 is 23.5 Å². The molecule has 14 heavy (non-hydrogen) atoms. The first-order valence-corrected chi connectivity index (χ1v) is 6.69. The van der Waals surface area contributed by atoms with E-state index >= 15 is 0 Å². The molecule has 0 aliphatic rings. The second kappa shape index (κ2) is 6.04. The van der Waals surface area contributed by atoms with Crippen LogP contribution in [0.25, 0.3) is 6.08 Å². The van der Waals surface area contributed by atoms with Gasteiger partial charge in [-0.2, -0.15) is 0 Å². The van der Waals surface area contributed by atoms with Crippen molar-refractivity contribution < 1.29 is 4.74 Å². The van der Waals surface area contributed by atoms with Crippen LogP contribution in [0.4, 0.5) is 0 Å². The van der Waals surface area contributed by atoms with Gasteiger partial charge in [0, 0.05) is 4.24 Å². The average molecular weight is 226 g/mol. The third-order valence-electron chi connectivity index (χ3n) is 1.80. The van der Waals surface area contributed by atoms with E-state index in [1.165, 1.54) is 9.80 Å². The Morgan fingerprint density at radius 2 is 1.71 bits per heavy atom. The number of rotatable bonds is 4. The van der Waals surface area contributed by atoms with Crippen molar-refractivity contribution in [2.45, 2.75) is 0 Å². The molecule has 0 atom stereocenters. The van der Waals surface area contributed by atoms with Crippen LogP contribution in [0.5, 0.6) is 5.75 Å². The molecule has 0 N–H and O–H groups in total. The Morgan fingerprint density at radius 1 is 1.14 bits per heavy atom. The van der Waals surface area contributed by atoms with E-state index in [1.54, 1.807) is 30.6 Å². The molecular weight excluding hydrogens is 212 g/mol. The van der Waals surface area contributed by atoms with Gasteiger partial charge in [0.25, 0.3) is 0 Å². The lowest BCUT2D eigenvalue weighted by Gasteiger charge is -2.01. The van der Waals surface area contributed by atoms with Gasteiger partial charge in [-0.05, 0) is 36.3 Å². The molecule has 0 amide bonds. The summed E-state index contributed by atoms with van der Waals surface area (Å²) in [5, 5.41) is 0. The van der Waals surface area contributed by atoms with Crippen molar-refractivity contribution in [3.63, 3.8) is 0 Å². The molecule has 0 unspecified atom stereocenters. The van der Waals surface area contributed by atoms with Crippen molar-refractivity contribution in [2.24, 2.45) is 0 Å². The summed E-state index contributed by atoms with van der Waals surface area (Å²) in [6, 6.07) is 8.07. The fraction of sp³-hybridized carbons (Fsp3) is 0.273. The standard InChI is InChI=1S/C11H14OS2/c1-12-10-6-4-9(5-7-10)8-11(13-2)14-3/h4-8H,1-3H3. The molecule has 1 rings (SSSR count). The van der Waals surface area contributed by atoms with Crippen LogP contribution in [0.1, 0.15) is 5.56 Å². The number of hydrogen-bond acceptors (Lipinski definition) is 3. The fourth-order valence-electron chi connectivity index (χ4n) is 1.04. The van der Waals surface area contributed by atoms with E-state index < -0.39 is 0 Å². The van der Waals surface area contributed by atoms with Gasteiger partial charge in [0.15, 0.2) is 0 Å². The third-order valence-corrected chi connectivity index (χ3v) is 3.84. The smallest absolute Gasteiger partial charge is 0.118 e. The molecule has 0 fully saturated rings. The number of methoxy groups -OCH3 is 1. The zero-order valence-corrected chi connectivity index (χ0v) is 10.2. The highest BCUT2D eigenvalue weighted by molar-refractivity contribution is 8.21. The molecule has 0 heterocycles. The highest BCUT2D eigenvalue weighted by Crippen LogP contribution is 2.26. The van der Waals surface area contributed by atoms with Gasteiger partial charge in [-0.25, -0.2) is 0 Å². The van der Waals surface area contributed by atoms with Crippen LogP contribution in [-0.4, -0.2) is 19.6 Å².